The highest BCUT2D eigenvalue weighted by molar-refractivity contribution is 7.98. The zero-order valence-electron chi connectivity index (χ0n) is 18.6. The van der Waals surface area contributed by atoms with Gasteiger partial charge in [-0.3, -0.25) is 4.79 Å². The van der Waals surface area contributed by atoms with E-state index in [0.717, 1.165) is 42.1 Å². The zero-order chi connectivity index (χ0) is 22.3. The Bertz CT molecular complexity index is 1020. The third kappa shape index (κ3) is 5.52. The molecule has 2 N–H and O–H groups in total. The molecule has 0 bridgehead atoms. The number of imidazole rings is 1. The Morgan fingerprint density at radius 3 is 2.56 bits per heavy atom. The van der Waals surface area contributed by atoms with Gasteiger partial charge >= 0.3 is 0 Å². The number of aliphatic hydroxyl groups is 1. The molecule has 1 aliphatic rings. The molecule has 1 aromatic heterocycles. The Labute approximate surface area is 194 Å². The average molecular weight is 453 g/mol. The molecule has 3 aromatic rings. The van der Waals surface area contributed by atoms with Crippen molar-refractivity contribution in [3.8, 4) is 0 Å². The summed E-state index contributed by atoms with van der Waals surface area (Å²) >= 11 is 1.75. The van der Waals surface area contributed by atoms with E-state index < -0.39 is 6.10 Å². The van der Waals surface area contributed by atoms with Crippen LogP contribution in [-0.2, 0) is 6.54 Å². The van der Waals surface area contributed by atoms with Crippen LogP contribution in [0.1, 0.15) is 41.5 Å². The molecule has 0 unspecified atom stereocenters. The Balaban J connectivity index is 1.62. The number of hydrogen-bond donors (Lipinski definition) is 2. The van der Waals surface area contributed by atoms with Gasteiger partial charge in [-0.15, -0.1) is 0 Å². The highest BCUT2D eigenvalue weighted by Crippen LogP contribution is 2.25. The summed E-state index contributed by atoms with van der Waals surface area (Å²) in [4.78, 5) is 20.2. The van der Waals surface area contributed by atoms with Crippen LogP contribution in [0.2, 0.25) is 0 Å². The Hall–Kier alpha value is -2.35. The number of amides is 1. The van der Waals surface area contributed by atoms with Gasteiger partial charge in [0.05, 0.1) is 29.7 Å². The highest BCUT2D eigenvalue weighted by Gasteiger charge is 2.24. The molecule has 32 heavy (non-hydrogen) atoms. The first-order chi connectivity index (χ1) is 15.7. The van der Waals surface area contributed by atoms with Crippen molar-refractivity contribution < 1.29 is 9.90 Å². The van der Waals surface area contributed by atoms with E-state index in [1.807, 2.05) is 54.6 Å². The predicted octanol–water partition coefficient (Wildman–Crippen LogP) is 3.72. The molecule has 7 heteroatoms. The fourth-order valence-corrected chi connectivity index (χ4v) is 4.89. The predicted molar refractivity (Wildman–Crippen MR) is 131 cm³/mol. The van der Waals surface area contributed by atoms with E-state index in [0.29, 0.717) is 18.7 Å². The molecule has 1 aliphatic heterocycles. The van der Waals surface area contributed by atoms with Crippen LogP contribution in [0.5, 0.6) is 0 Å². The molecule has 4 rings (SSSR count). The van der Waals surface area contributed by atoms with Crippen LogP contribution in [0.4, 0.5) is 0 Å². The van der Waals surface area contributed by atoms with Crippen LogP contribution in [0.15, 0.2) is 54.6 Å². The summed E-state index contributed by atoms with van der Waals surface area (Å²) in [7, 11) is 0. The van der Waals surface area contributed by atoms with Crippen molar-refractivity contribution in [2.24, 2.45) is 0 Å². The molecule has 1 fully saturated rings. The van der Waals surface area contributed by atoms with Gasteiger partial charge < -0.3 is 19.9 Å². The van der Waals surface area contributed by atoms with E-state index in [4.69, 9.17) is 4.98 Å². The first-order valence-corrected chi connectivity index (χ1v) is 12.8. The molecule has 0 spiro atoms. The molecule has 6 nitrogen and oxygen atoms in total. The Morgan fingerprint density at radius 1 is 1.09 bits per heavy atom. The minimum Gasteiger partial charge on any atom is -0.390 e. The zero-order valence-corrected chi connectivity index (χ0v) is 19.4. The van der Waals surface area contributed by atoms with E-state index in [-0.39, 0.29) is 11.9 Å². The van der Waals surface area contributed by atoms with E-state index >= 15 is 0 Å². The first kappa shape index (κ1) is 22.8. The molecule has 1 amide bonds. The third-order valence-corrected chi connectivity index (χ3v) is 6.65. The number of likely N-dealkylation sites (tertiary alicyclic amines) is 1. The molecular formula is C25H32N4O2S. The number of benzene rings is 2. The number of hydrogen-bond acceptors (Lipinski definition) is 5. The summed E-state index contributed by atoms with van der Waals surface area (Å²) in [6, 6.07) is 17.1. The second kappa shape index (κ2) is 11.0. The molecule has 0 aliphatic carbocycles. The van der Waals surface area contributed by atoms with Gasteiger partial charge in [0.25, 0.3) is 5.91 Å². The van der Waals surface area contributed by atoms with E-state index in [1.54, 1.807) is 11.8 Å². The quantitative estimate of drug-likeness (QED) is 0.491. The number of carbonyl (C=O) groups is 1. The second-order valence-electron chi connectivity index (χ2n) is 8.40. The number of β-amino-alcohol motifs (C(OH)–C–C–N with tert-alkyl or cyclic N) is 1. The van der Waals surface area contributed by atoms with Gasteiger partial charge in [0.2, 0.25) is 0 Å². The molecule has 2 heterocycles. The topological polar surface area (TPSA) is 70.4 Å². The lowest BCUT2D eigenvalue weighted by Gasteiger charge is -2.23. The van der Waals surface area contributed by atoms with Crippen molar-refractivity contribution in [3.63, 3.8) is 0 Å². The van der Waals surface area contributed by atoms with Crippen LogP contribution in [0.25, 0.3) is 11.0 Å². The number of carbonyl (C=O) groups excluding carboxylic acids is 1. The molecule has 2 aromatic carbocycles. The molecule has 0 saturated carbocycles. The van der Waals surface area contributed by atoms with Crippen LogP contribution in [-0.4, -0.2) is 63.2 Å². The molecule has 1 saturated heterocycles. The Morgan fingerprint density at radius 2 is 1.81 bits per heavy atom. The van der Waals surface area contributed by atoms with Gasteiger partial charge in [-0.1, -0.05) is 30.3 Å². The van der Waals surface area contributed by atoms with E-state index in [2.05, 4.69) is 21.0 Å². The second-order valence-corrected chi connectivity index (χ2v) is 9.39. The summed E-state index contributed by atoms with van der Waals surface area (Å²) in [5.41, 5.74) is 2.52. The van der Waals surface area contributed by atoms with Crippen molar-refractivity contribution in [1.29, 1.82) is 0 Å². The minimum atomic E-state index is -0.490. The maximum atomic E-state index is 13.0. The van der Waals surface area contributed by atoms with Gasteiger partial charge in [-0.2, -0.15) is 11.8 Å². The van der Waals surface area contributed by atoms with Crippen molar-refractivity contribution in [2.75, 3.05) is 31.6 Å². The normalized spacial score (nSPS) is 16.3. The summed E-state index contributed by atoms with van der Waals surface area (Å²) < 4.78 is 2.10. The largest absolute Gasteiger partial charge is 0.390 e. The maximum absolute atomic E-state index is 13.0. The first-order valence-electron chi connectivity index (χ1n) is 11.4. The van der Waals surface area contributed by atoms with Gasteiger partial charge in [0.1, 0.15) is 5.82 Å². The SMILES string of the molecule is CSCC[C@H](NC(=O)c1ccccc1)c1nc2ccccc2n1C[C@@H](O)CN1CCCC1. The van der Waals surface area contributed by atoms with Gasteiger partial charge in [-0.05, 0) is 68.6 Å². The Kier molecular flexibility index (Phi) is 7.84. The van der Waals surface area contributed by atoms with Crippen LogP contribution in [0.3, 0.4) is 0 Å². The van der Waals surface area contributed by atoms with Crippen LogP contribution < -0.4 is 5.32 Å². The number of rotatable bonds is 10. The molecular weight excluding hydrogens is 420 g/mol. The van der Waals surface area contributed by atoms with Crippen molar-refractivity contribution in [1.82, 2.24) is 19.8 Å². The summed E-state index contributed by atoms with van der Waals surface area (Å²) in [5.74, 6) is 1.61. The van der Waals surface area contributed by atoms with Crippen molar-refractivity contribution in [3.05, 3.63) is 66.0 Å². The lowest BCUT2D eigenvalue weighted by molar-refractivity contribution is 0.0929. The maximum Gasteiger partial charge on any atom is 0.251 e. The van der Waals surface area contributed by atoms with E-state index in [1.165, 1.54) is 12.8 Å². The fraction of sp³-hybridized carbons (Fsp3) is 0.440. The summed E-state index contributed by atoms with van der Waals surface area (Å²) in [6.45, 7) is 3.23. The van der Waals surface area contributed by atoms with E-state index in [9.17, 15) is 9.90 Å². The third-order valence-electron chi connectivity index (χ3n) is 6.01. The number of nitrogens with zero attached hydrogens (tertiary/aromatic N) is 3. The van der Waals surface area contributed by atoms with Crippen LogP contribution in [0, 0.1) is 0 Å². The number of aromatic nitrogens is 2. The van der Waals surface area contributed by atoms with Crippen molar-refractivity contribution in [2.45, 2.75) is 38.0 Å². The van der Waals surface area contributed by atoms with Gasteiger partial charge in [0.15, 0.2) is 0 Å². The monoisotopic (exact) mass is 452 g/mol. The molecule has 0 radical (unpaired) electrons. The number of para-hydroxylation sites is 2. The highest BCUT2D eigenvalue weighted by atomic mass is 32.2. The number of aliphatic hydroxyl groups excluding tert-OH is 1. The number of thioether (sulfide) groups is 1. The lowest BCUT2D eigenvalue weighted by Crippen LogP contribution is -2.35. The standard InChI is InChI=1S/C25H32N4O2S/c1-32-16-13-22(27-25(31)19-9-3-2-4-10-19)24-26-21-11-5-6-12-23(21)29(24)18-20(30)17-28-14-7-8-15-28/h2-6,9-12,20,22,30H,7-8,13-18H2,1H3,(H,27,31)/t20-,22-/m0/s1. The smallest absolute Gasteiger partial charge is 0.251 e. The number of fused-ring (bicyclic) bond motifs is 1. The lowest BCUT2D eigenvalue weighted by atomic mass is 10.1. The fourth-order valence-electron chi connectivity index (χ4n) is 4.42. The van der Waals surface area contributed by atoms with Gasteiger partial charge in [-0.25, -0.2) is 4.98 Å². The minimum absolute atomic E-state index is 0.104. The van der Waals surface area contributed by atoms with Crippen molar-refractivity contribution >= 4 is 28.7 Å². The summed E-state index contributed by atoms with van der Waals surface area (Å²) in [5, 5.41) is 14.1. The molecule has 170 valence electrons. The molecule has 2 atom stereocenters. The average Bonchev–Trinajstić information content (AvgIpc) is 3.45. The van der Waals surface area contributed by atoms with Crippen LogP contribution >= 0.6 is 11.8 Å². The number of nitrogens with one attached hydrogen (secondary N) is 1. The van der Waals surface area contributed by atoms with Gasteiger partial charge in [0, 0.05) is 12.1 Å². The summed E-state index contributed by atoms with van der Waals surface area (Å²) in [6.07, 6.45) is 4.75.